The molecular weight excluding hydrogens is 362 g/mol. The fraction of sp³-hybridized carbons (Fsp3) is 0.588. The van der Waals surface area contributed by atoms with E-state index in [0.717, 1.165) is 44.3 Å². The minimum atomic E-state index is -3.52. The number of nitrogens with one attached hydrogen (secondary N) is 2. The van der Waals surface area contributed by atoms with Crippen LogP contribution >= 0.6 is 12.4 Å². The number of nitrogens with zero attached hydrogens (tertiary/aromatic N) is 1. The van der Waals surface area contributed by atoms with Crippen molar-refractivity contribution in [2.75, 3.05) is 26.2 Å². The van der Waals surface area contributed by atoms with Gasteiger partial charge in [0.25, 0.3) is 5.91 Å². The highest BCUT2D eigenvalue weighted by Gasteiger charge is 2.27. The Morgan fingerprint density at radius 3 is 2.60 bits per heavy atom. The number of hydrogen-bond acceptors (Lipinski definition) is 4. The van der Waals surface area contributed by atoms with Crippen molar-refractivity contribution in [1.82, 2.24) is 14.9 Å². The lowest BCUT2D eigenvalue weighted by Gasteiger charge is -2.26. The summed E-state index contributed by atoms with van der Waals surface area (Å²) in [6.45, 7) is 4.61. The van der Waals surface area contributed by atoms with E-state index in [0.29, 0.717) is 18.7 Å². The Balaban J connectivity index is 0.00000225. The van der Waals surface area contributed by atoms with Gasteiger partial charge in [0.1, 0.15) is 0 Å². The zero-order valence-corrected chi connectivity index (χ0v) is 16.1. The molecule has 25 heavy (non-hydrogen) atoms. The first-order valence-corrected chi connectivity index (χ1v) is 10.0. The van der Waals surface area contributed by atoms with Crippen LogP contribution in [0.2, 0.25) is 0 Å². The zero-order valence-electron chi connectivity index (χ0n) is 14.5. The summed E-state index contributed by atoms with van der Waals surface area (Å²) in [4.78, 5) is 12.7. The zero-order chi connectivity index (χ0) is 17.2. The van der Waals surface area contributed by atoms with Gasteiger partial charge in [0.05, 0.1) is 4.90 Å². The predicted molar refractivity (Wildman–Crippen MR) is 99.8 cm³/mol. The number of piperidine rings is 1. The van der Waals surface area contributed by atoms with Gasteiger partial charge in [-0.2, -0.15) is 4.31 Å². The van der Waals surface area contributed by atoms with E-state index in [1.807, 2.05) is 6.92 Å². The molecular formula is C17H26ClN3O3S. The highest BCUT2D eigenvalue weighted by atomic mass is 35.5. The van der Waals surface area contributed by atoms with Crippen LogP contribution in [0.3, 0.4) is 0 Å². The maximum absolute atomic E-state index is 12.8. The molecule has 2 aliphatic rings. The largest absolute Gasteiger partial charge is 0.348 e. The topological polar surface area (TPSA) is 78.5 Å². The average Bonchev–Trinajstić information content (AvgIpc) is 3.08. The predicted octanol–water partition coefficient (Wildman–Crippen LogP) is 1.68. The van der Waals surface area contributed by atoms with Crippen molar-refractivity contribution >= 4 is 28.3 Å². The second kappa shape index (κ2) is 8.49. The van der Waals surface area contributed by atoms with Crippen LogP contribution in [0.1, 0.15) is 41.6 Å². The number of rotatable bonds is 4. The van der Waals surface area contributed by atoms with Crippen LogP contribution in [0.25, 0.3) is 0 Å². The molecule has 1 aromatic carbocycles. The molecule has 3 rings (SSSR count). The first-order valence-electron chi connectivity index (χ1n) is 8.61. The van der Waals surface area contributed by atoms with Crippen molar-refractivity contribution in [3.8, 4) is 0 Å². The summed E-state index contributed by atoms with van der Waals surface area (Å²) in [7, 11) is -3.52. The Morgan fingerprint density at radius 2 is 1.96 bits per heavy atom. The number of halogens is 1. The van der Waals surface area contributed by atoms with Gasteiger partial charge in [0, 0.05) is 31.2 Å². The third-order valence-corrected chi connectivity index (χ3v) is 6.70. The maximum atomic E-state index is 12.8. The van der Waals surface area contributed by atoms with Crippen LogP contribution in [0.5, 0.6) is 0 Å². The summed E-state index contributed by atoms with van der Waals surface area (Å²) in [6, 6.07) is 4.96. The molecule has 0 radical (unpaired) electrons. The number of benzene rings is 1. The standard InChI is InChI=1S/C17H25N3O3S.ClH/c1-13-5-6-15(24(22,23)20-9-3-2-4-10-20)11-16(13)17(21)19-14-7-8-18-12-14;/h5-6,11,14,18H,2-4,7-10,12H2,1H3,(H,19,21);1H. The van der Waals surface area contributed by atoms with Gasteiger partial charge in [-0.1, -0.05) is 12.5 Å². The van der Waals surface area contributed by atoms with Crippen LogP contribution in [0.15, 0.2) is 23.1 Å². The van der Waals surface area contributed by atoms with Gasteiger partial charge in [-0.3, -0.25) is 4.79 Å². The summed E-state index contributed by atoms with van der Waals surface area (Å²) in [5.74, 6) is -0.197. The minimum Gasteiger partial charge on any atom is -0.348 e. The lowest BCUT2D eigenvalue weighted by molar-refractivity contribution is 0.0939. The van der Waals surface area contributed by atoms with Gasteiger partial charge in [0.15, 0.2) is 0 Å². The first-order chi connectivity index (χ1) is 11.5. The van der Waals surface area contributed by atoms with Gasteiger partial charge in [-0.15, -0.1) is 12.4 Å². The molecule has 0 aromatic heterocycles. The van der Waals surface area contributed by atoms with Gasteiger partial charge in [-0.05, 0) is 50.4 Å². The van der Waals surface area contributed by atoms with E-state index in [1.165, 1.54) is 10.4 Å². The monoisotopic (exact) mass is 387 g/mol. The summed E-state index contributed by atoms with van der Waals surface area (Å²) in [5, 5.41) is 6.19. The molecule has 1 aromatic rings. The molecule has 0 saturated carbocycles. The average molecular weight is 388 g/mol. The second-order valence-corrected chi connectivity index (χ2v) is 8.54. The van der Waals surface area contributed by atoms with E-state index in [1.54, 1.807) is 12.1 Å². The van der Waals surface area contributed by atoms with Crippen molar-refractivity contribution in [2.45, 2.75) is 43.5 Å². The molecule has 8 heteroatoms. The van der Waals surface area contributed by atoms with Gasteiger partial charge in [0.2, 0.25) is 10.0 Å². The lowest BCUT2D eigenvalue weighted by atomic mass is 10.1. The van der Waals surface area contributed by atoms with E-state index in [9.17, 15) is 13.2 Å². The molecule has 0 spiro atoms. The van der Waals surface area contributed by atoms with E-state index in [4.69, 9.17) is 0 Å². The fourth-order valence-corrected chi connectivity index (χ4v) is 4.85. The molecule has 1 amide bonds. The third-order valence-electron chi connectivity index (χ3n) is 4.80. The molecule has 1 atom stereocenters. The molecule has 2 aliphatic heterocycles. The highest BCUT2D eigenvalue weighted by Crippen LogP contribution is 2.23. The number of amides is 1. The third kappa shape index (κ3) is 4.53. The van der Waals surface area contributed by atoms with Crippen LogP contribution in [-0.2, 0) is 10.0 Å². The van der Waals surface area contributed by atoms with E-state index >= 15 is 0 Å². The van der Waals surface area contributed by atoms with Crippen LogP contribution in [0, 0.1) is 6.92 Å². The van der Waals surface area contributed by atoms with E-state index in [2.05, 4.69) is 10.6 Å². The summed E-state index contributed by atoms with van der Waals surface area (Å²) < 4.78 is 27.1. The number of aryl methyl sites for hydroxylation is 1. The molecule has 2 saturated heterocycles. The van der Waals surface area contributed by atoms with Crippen molar-refractivity contribution < 1.29 is 13.2 Å². The molecule has 140 valence electrons. The Labute approximate surface area is 155 Å². The number of hydrogen-bond donors (Lipinski definition) is 2. The lowest BCUT2D eigenvalue weighted by Crippen LogP contribution is -2.37. The molecule has 0 bridgehead atoms. The van der Waals surface area contributed by atoms with Crippen LogP contribution in [0.4, 0.5) is 0 Å². The van der Waals surface area contributed by atoms with Gasteiger partial charge >= 0.3 is 0 Å². The number of sulfonamides is 1. The Hall–Kier alpha value is -1.15. The second-order valence-electron chi connectivity index (χ2n) is 6.60. The Kier molecular flexibility index (Phi) is 6.85. The molecule has 6 nitrogen and oxygen atoms in total. The fourth-order valence-electron chi connectivity index (χ4n) is 3.30. The smallest absolute Gasteiger partial charge is 0.251 e. The maximum Gasteiger partial charge on any atom is 0.251 e. The van der Waals surface area contributed by atoms with Crippen molar-refractivity contribution in [2.24, 2.45) is 0 Å². The van der Waals surface area contributed by atoms with Crippen molar-refractivity contribution in [3.05, 3.63) is 29.3 Å². The summed E-state index contributed by atoms with van der Waals surface area (Å²) in [5.41, 5.74) is 1.23. The molecule has 2 fully saturated rings. The van der Waals surface area contributed by atoms with E-state index < -0.39 is 10.0 Å². The van der Waals surface area contributed by atoms with Gasteiger partial charge in [-0.25, -0.2) is 8.42 Å². The molecule has 2 heterocycles. The number of carbonyl (C=O) groups excluding carboxylic acids is 1. The van der Waals surface area contributed by atoms with Crippen molar-refractivity contribution in [3.63, 3.8) is 0 Å². The molecule has 0 aliphatic carbocycles. The van der Waals surface area contributed by atoms with E-state index in [-0.39, 0.29) is 29.3 Å². The normalized spacial score (nSPS) is 21.6. The van der Waals surface area contributed by atoms with Gasteiger partial charge < -0.3 is 10.6 Å². The summed E-state index contributed by atoms with van der Waals surface area (Å²) in [6.07, 6.45) is 3.76. The van der Waals surface area contributed by atoms with Crippen LogP contribution < -0.4 is 10.6 Å². The summed E-state index contributed by atoms with van der Waals surface area (Å²) >= 11 is 0. The molecule has 1 unspecified atom stereocenters. The van der Waals surface area contributed by atoms with Crippen LogP contribution in [-0.4, -0.2) is 50.9 Å². The molecule has 2 N–H and O–H groups in total. The number of carbonyl (C=O) groups is 1. The highest BCUT2D eigenvalue weighted by molar-refractivity contribution is 7.89. The first kappa shape index (κ1) is 20.2. The quantitative estimate of drug-likeness (QED) is 0.823. The Bertz CT molecular complexity index is 712. The van der Waals surface area contributed by atoms with Crippen molar-refractivity contribution in [1.29, 1.82) is 0 Å². The minimum absolute atomic E-state index is 0. The SMILES string of the molecule is Cc1ccc(S(=O)(=O)N2CCCCC2)cc1C(=O)NC1CCNC1.Cl. The Morgan fingerprint density at radius 1 is 1.24 bits per heavy atom.